The topological polar surface area (TPSA) is 35.5 Å². The van der Waals surface area contributed by atoms with Crippen LogP contribution in [0.15, 0.2) is 48.5 Å². The molecule has 0 unspecified atom stereocenters. The molecule has 3 nitrogen and oxygen atoms in total. The van der Waals surface area contributed by atoms with E-state index in [1.807, 2.05) is 38.4 Å². The highest BCUT2D eigenvalue weighted by molar-refractivity contribution is 5.48. The van der Waals surface area contributed by atoms with Crippen molar-refractivity contribution in [2.45, 2.75) is 13.2 Å². The van der Waals surface area contributed by atoms with Gasteiger partial charge in [-0.05, 0) is 35.4 Å². The second-order valence-electron chi connectivity index (χ2n) is 4.77. The number of rotatable bonds is 5. The Kier molecular flexibility index (Phi) is 4.42. The number of nitrogens with one attached hydrogen (secondary N) is 1. The molecule has 0 aliphatic carbocycles. The van der Waals surface area contributed by atoms with Gasteiger partial charge in [0.2, 0.25) is 0 Å². The van der Waals surface area contributed by atoms with Gasteiger partial charge in [0.05, 0.1) is 6.61 Å². The Morgan fingerprint density at radius 2 is 1.74 bits per heavy atom. The molecule has 0 aliphatic rings. The van der Waals surface area contributed by atoms with Gasteiger partial charge in [-0.15, -0.1) is 0 Å². The largest absolute Gasteiger partial charge is 0.392 e. The highest BCUT2D eigenvalue weighted by atomic mass is 16.3. The van der Waals surface area contributed by atoms with Crippen LogP contribution >= 0.6 is 0 Å². The van der Waals surface area contributed by atoms with Crippen LogP contribution in [0.3, 0.4) is 0 Å². The van der Waals surface area contributed by atoms with Gasteiger partial charge in [0.1, 0.15) is 0 Å². The van der Waals surface area contributed by atoms with Crippen molar-refractivity contribution in [1.29, 1.82) is 0 Å². The van der Waals surface area contributed by atoms with Crippen molar-refractivity contribution < 1.29 is 5.11 Å². The molecule has 0 amide bonds. The molecular weight excluding hydrogens is 236 g/mol. The number of aliphatic hydroxyl groups is 1. The molecule has 2 rings (SSSR count). The average molecular weight is 256 g/mol. The molecule has 0 aliphatic heterocycles. The lowest BCUT2D eigenvalue weighted by molar-refractivity contribution is 0.282. The van der Waals surface area contributed by atoms with Crippen molar-refractivity contribution in [3.8, 4) is 0 Å². The molecule has 0 radical (unpaired) electrons. The van der Waals surface area contributed by atoms with Gasteiger partial charge < -0.3 is 15.3 Å². The van der Waals surface area contributed by atoms with E-state index in [9.17, 15) is 0 Å². The summed E-state index contributed by atoms with van der Waals surface area (Å²) in [6, 6.07) is 16.3. The van der Waals surface area contributed by atoms with Crippen molar-refractivity contribution in [2.75, 3.05) is 24.3 Å². The van der Waals surface area contributed by atoms with Crippen LogP contribution in [0, 0.1) is 0 Å². The number of anilines is 2. The summed E-state index contributed by atoms with van der Waals surface area (Å²) in [5.74, 6) is 0. The second-order valence-corrected chi connectivity index (χ2v) is 4.77. The Bertz CT molecular complexity index is 521. The van der Waals surface area contributed by atoms with Gasteiger partial charge in [0.15, 0.2) is 0 Å². The first-order valence-electron chi connectivity index (χ1n) is 6.39. The van der Waals surface area contributed by atoms with Crippen molar-refractivity contribution in [2.24, 2.45) is 0 Å². The van der Waals surface area contributed by atoms with Gasteiger partial charge in [-0.1, -0.05) is 24.3 Å². The molecule has 0 saturated heterocycles. The predicted molar refractivity (Wildman–Crippen MR) is 80.5 cm³/mol. The second kappa shape index (κ2) is 6.25. The molecule has 2 aromatic carbocycles. The van der Waals surface area contributed by atoms with Crippen molar-refractivity contribution >= 4 is 11.4 Å². The van der Waals surface area contributed by atoms with Gasteiger partial charge in [0, 0.05) is 32.0 Å². The minimum absolute atomic E-state index is 0.0764. The summed E-state index contributed by atoms with van der Waals surface area (Å²) >= 11 is 0. The first-order valence-corrected chi connectivity index (χ1v) is 6.39. The molecule has 2 aromatic rings. The molecule has 3 heteroatoms. The predicted octanol–water partition coefficient (Wildman–Crippen LogP) is 2.86. The van der Waals surface area contributed by atoms with E-state index in [0.717, 1.165) is 17.8 Å². The van der Waals surface area contributed by atoms with Gasteiger partial charge >= 0.3 is 0 Å². The minimum Gasteiger partial charge on any atom is -0.392 e. The normalized spacial score (nSPS) is 10.3. The first kappa shape index (κ1) is 13.4. The highest BCUT2D eigenvalue weighted by Crippen LogP contribution is 2.15. The van der Waals surface area contributed by atoms with Crippen molar-refractivity contribution in [3.63, 3.8) is 0 Å². The Hall–Kier alpha value is -2.00. The summed E-state index contributed by atoms with van der Waals surface area (Å²) in [6.45, 7) is 0.857. The molecule has 19 heavy (non-hydrogen) atoms. The summed E-state index contributed by atoms with van der Waals surface area (Å²) in [5.41, 5.74) is 4.39. The van der Waals surface area contributed by atoms with Crippen LogP contribution in [-0.4, -0.2) is 19.2 Å². The van der Waals surface area contributed by atoms with Crippen molar-refractivity contribution in [3.05, 3.63) is 59.7 Å². The van der Waals surface area contributed by atoms with Crippen LogP contribution in [0.4, 0.5) is 11.4 Å². The van der Waals surface area contributed by atoms with Gasteiger partial charge in [-0.2, -0.15) is 0 Å². The van der Waals surface area contributed by atoms with E-state index in [4.69, 9.17) is 5.11 Å². The van der Waals surface area contributed by atoms with Crippen LogP contribution in [-0.2, 0) is 13.2 Å². The van der Waals surface area contributed by atoms with E-state index in [1.165, 1.54) is 11.3 Å². The molecule has 0 fully saturated rings. The van der Waals surface area contributed by atoms with E-state index in [2.05, 4.69) is 34.5 Å². The monoisotopic (exact) mass is 256 g/mol. The third kappa shape index (κ3) is 3.73. The molecule has 0 atom stereocenters. The van der Waals surface area contributed by atoms with Gasteiger partial charge in [-0.25, -0.2) is 0 Å². The zero-order chi connectivity index (χ0) is 13.7. The zero-order valence-corrected chi connectivity index (χ0v) is 11.4. The fourth-order valence-corrected chi connectivity index (χ4v) is 1.90. The van der Waals surface area contributed by atoms with Crippen LogP contribution in [0.25, 0.3) is 0 Å². The first-order chi connectivity index (χ1) is 9.19. The van der Waals surface area contributed by atoms with E-state index in [-0.39, 0.29) is 6.61 Å². The SMILES string of the molecule is CN(C)c1ccc(CNc2cccc(CO)c2)cc1. The number of benzene rings is 2. The lowest BCUT2D eigenvalue weighted by Gasteiger charge is -2.13. The standard InChI is InChI=1S/C16H20N2O/c1-18(2)16-8-6-13(7-9-16)11-17-15-5-3-4-14(10-15)12-19/h3-10,17,19H,11-12H2,1-2H3. The molecule has 0 bridgehead atoms. The Morgan fingerprint density at radius 3 is 2.37 bits per heavy atom. The van der Waals surface area contributed by atoms with Gasteiger partial charge in [-0.3, -0.25) is 0 Å². The van der Waals surface area contributed by atoms with Crippen LogP contribution in [0.2, 0.25) is 0 Å². The molecular formula is C16H20N2O. The fraction of sp³-hybridized carbons (Fsp3) is 0.250. The maximum absolute atomic E-state index is 9.10. The third-order valence-electron chi connectivity index (χ3n) is 3.06. The Balaban J connectivity index is 1.98. The number of hydrogen-bond acceptors (Lipinski definition) is 3. The van der Waals surface area contributed by atoms with Crippen LogP contribution < -0.4 is 10.2 Å². The maximum Gasteiger partial charge on any atom is 0.0682 e. The summed E-state index contributed by atoms with van der Waals surface area (Å²) < 4.78 is 0. The summed E-state index contributed by atoms with van der Waals surface area (Å²) in [4.78, 5) is 2.09. The average Bonchev–Trinajstić information content (AvgIpc) is 2.46. The van der Waals surface area contributed by atoms with Gasteiger partial charge in [0.25, 0.3) is 0 Å². The molecule has 0 saturated carbocycles. The van der Waals surface area contributed by atoms with E-state index < -0.39 is 0 Å². The Morgan fingerprint density at radius 1 is 1.00 bits per heavy atom. The Labute approximate surface area is 114 Å². The lowest BCUT2D eigenvalue weighted by atomic mass is 10.1. The molecule has 0 aromatic heterocycles. The lowest BCUT2D eigenvalue weighted by Crippen LogP contribution is -2.08. The smallest absolute Gasteiger partial charge is 0.0682 e. The fourth-order valence-electron chi connectivity index (χ4n) is 1.90. The third-order valence-corrected chi connectivity index (χ3v) is 3.06. The molecule has 0 spiro atoms. The summed E-state index contributed by atoms with van der Waals surface area (Å²) in [6.07, 6.45) is 0. The van der Waals surface area contributed by atoms with Crippen LogP contribution in [0.5, 0.6) is 0 Å². The number of hydrogen-bond donors (Lipinski definition) is 2. The minimum atomic E-state index is 0.0764. The summed E-state index contributed by atoms with van der Waals surface area (Å²) in [7, 11) is 4.07. The zero-order valence-electron chi connectivity index (χ0n) is 11.4. The van der Waals surface area contributed by atoms with E-state index in [0.29, 0.717) is 0 Å². The summed E-state index contributed by atoms with van der Waals surface area (Å²) in [5, 5.41) is 12.5. The van der Waals surface area contributed by atoms with E-state index in [1.54, 1.807) is 0 Å². The van der Waals surface area contributed by atoms with Crippen LogP contribution in [0.1, 0.15) is 11.1 Å². The number of nitrogens with zero attached hydrogens (tertiary/aromatic N) is 1. The van der Waals surface area contributed by atoms with Crippen molar-refractivity contribution in [1.82, 2.24) is 0 Å². The molecule has 0 heterocycles. The quantitative estimate of drug-likeness (QED) is 0.863. The molecule has 2 N–H and O–H groups in total. The highest BCUT2D eigenvalue weighted by Gasteiger charge is 1.98. The number of aliphatic hydroxyl groups excluding tert-OH is 1. The molecule has 100 valence electrons. The maximum atomic E-state index is 9.10. The van der Waals surface area contributed by atoms with E-state index >= 15 is 0 Å².